The van der Waals surface area contributed by atoms with Gasteiger partial charge in [-0.05, 0) is 6.07 Å². The van der Waals surface area contributed by atoms with Crippen LogP contribution in [0.25, 0.3) is 0 Å². The molecule has 0 saturated carbocycles. The van der Waals surface area contributed by atoms with E-state index in [9.17, 15) is 4.39 Å². The smallest absolute Gasteiger partial charge is 0.226 e. The molecule has 2 N–H and O–H groups in total. The summed E-state index contributed by atoms with van der Waals surface area (Å²) < 4.78 is 23.9. The monoisotopic (exact) mass is 251 g/mol. The molecule has 0 amide bonds. The fourth-order valence-corrected chi connectivity index (χ4v) is 1.50. The second-order valence-electron chi connectivity index (χ2n) is 3.68. The number of aromatic nitrogens is 2. The first-order valence-electron chi connectivity index (χ1n) is 5.66. The van der Waals surface area contributed by atoms with Gasteiger partial charge in [-0.1, -0.05) is 24.2 Å². The van der Waals surface area contributed by atoms with Gasteiger partial charge in [-0.15, -0.1) is 0 Å². The van der Waals surface area contributed by atoms with Gasteiger partial charge in [0, 0.05) is 18.5 Å². The summed E-state index contributed by atoms with van der Waals surface area (Å²) >= 11 is 0. The van der Waals surface area contributed by atoms with Crippen molar-refractivity contribution in [1.29, 1.82) is 0 Å². The number of nitrogens with two attached hydrogens (primary N) is 1. The molecule has 0 spiro atoms. The molecule has 2 rings (SSSR count). The predicted octanol–water partition coefficient (Wildman–Crippen LogP) is 1.81. The van der Waals surface area contributed by atoms with Crippen LogP contribution in [0.3, 0.4) is 0 Å². The highest BCUT2D eigenvalue weighted by Gasteiger charge is 2.11. The van der Waals surface area contributed by atoms with E-state index in [0.29, 0.717) is 23.7 Å². The molecule has 1 aromatic heterocycles. The van der Waals surface area contributed by atoms with Crippen molar-refractivity contribution >= 4 is 0 Å². The summed E-state index contributed by atoms with van der Waals surface area (Å²) in [5.41, 5.74) is 6.12. The lowest BCUT2D eigenvalue weighted by molar-refractivity contribution is 0.270. The van der Waals surface area contributed by atoms with Gasteiger partial charge in [0.1, 0.15) is 0 Å². The van der Waals surface area contributed by atoms with Crippen LogP contribution in [-0.2, 0) is 19.6 Å². The Morgan fingerprint density at radius 2 is 2.28 bits per heavy atom. The Labute approximate surface area is 104 Å². The van der Waals surface area contributed by atoms with E-state index in [1.54, 1.807) is 12.1 Å². The van der Waals surface area contributed by atoms with Gasteiger partial charge in [0.25, 0.3) is 0 Å². The number of nitrogens with zero attached hydrogens (tertiary/aromatic N) is 2. The highest BCUT2D eigenvalue weighted by Crippen LogP contribution is 2.22. The van der Waals surface area contributed by atoms with E-state index in [0.717, 1.165) is 0 Å². The van der Waals surface area contributed by atoms with Crippen LogP contribution in [0.5, 0.6) is 5.75 Å². The van der Waals surface area contributed by atoms with E-state index in [-0.39, 0.29) is 18.9 Å². The molecular weight excluding hydrogens is 237 g/mol. The molecule has 6 heteroatoms. The van der Waals surface area contributed by atoms with Gasteiger partial charge in [-0.3, -0.25) is 0 Å². The summed E-state index contributed by atoms with van der Waals surface area (Å²) in [5, 5.41) is 3.72. The predicted molar refractivity (Wildman–Crippen MR) is 62.3 cm³/mol. The van der Waals surface area contributed by atoms with Crippen LogP contribution in [0.2, 0.25) is 0 Å². The first kappa shape index (κ1) is 12.5. The van der Waals surface area contributed by atoms with E-state index in [1.807, 2.05) is 6.92 Å². The standard InChI is InChI=1S/C12H14FN3O2/c1-2-11-15-10(16-18-11)7-17-12-8(6-14)4-3-5-9(12)13/h3-5H,2,6-7,14H2,1H3. The molecule has 0 aliphatic rings. The van der Waals surface area contributed by atoms with Crippen molar-refractivity contribution < 1.29 is 13.7 Å². The maximum absolute atomic E-state index is 13.6. The third-order valence-corrected chi connectivity index (χ3v) is 2.43. The van der Waals surface area contributed by atoms with E-state index in [1.165, 1.54) is 6.07 Å². The molecule has 18 heavy (non-hydrogen) atoms. The second-order valence-corrected chi connectivity index (χ2v) is 3.68. The summed E-state index contributed by atoms with van der Waals surface area (Å²) in [4.78, 5) is 4.07. The second kappa shape index (κ2) is 5.59. The number of ether oxygens (including phenoxy) is 1. The van der Waals surface area contributed by atoms with Crippen molar-refractivity contribution in [1.82, 2.24) is 10.1 Å². The summed E-state index contributed by atoms with van der Waals surface area (Å²) in [7, 11) is 0. The normalized spacial score (nSPS) is 10.6. The van der Waals surface area contributed by atoms with E-state index in [2.05, 4.69) is 10.1 Å². The molecule has 0 atom stereocenters. The molecule has 5 nitrogen and oxygen atoms in total. The molecule has 0 aliphatic carbocycles. The number of aryl methyl sites for hydroxylation is 1. The Bertz CT molecular complexity index is 528. The van der Waals surface area contributed by atoms with Crippen LogP contribution in [-0.4, -0.2) is 10.1 Å². The fourth-order valence-electron chi connectivity index (χ4n) is 1.50. The number of para-hydroxylation sites is 1. The number of hydrogen-bond donors (Lipinski definition) is 1. The maximum atomic E-state index is 13.6. The van der Waals surface area contributed by atoms with Crippen LogP contribution in [0.1, 0.15) is 24.2 Å². The molecule has 0 fully saturated rings. The lowest BCUT2D eigenvalue weighted by atomic mass is 10.2. The first-order valence-corrected chi connectivity index (χ1v) is 5.66. The topological polar surface area (TPSA) is 74.2 Å². The Morgan fingerprint density at radius 1 is 1.44 bits per heavy atom. The van der Waals surface area contributed by atoms with Crippen LogP contribution < -0.4 is 10.5 Å². The third kappa shape index (κ3) is 2.65. The molecule has 96 valence electrons. The fraction of sp³-hybridized carbons (Fsp3) is 0.333. The lowest BCUT2D eigenvalue weighted by Gasteiger charge is -2.09. The molecule has 0 unspecified atom stereocenters. The van der Waals surface area contributed by atoms with Gasteiger partial charge in [0.2, 0.25) is 11.7 Å². The molecular formula is C12H14FN3O2. The lowest BCUT2D eigenvalue weighted by Crippen LogP contribution is -2.05. The number of rotatable bonds is 5. The van der Waals surface area contributed by atoms with Crippen molar-refractivity contribution in [3.05, 3.63) is 41.3 Å². The summed E-state index contributed by atoms with van der Waals surface area (Å²) in [6, 6.07) is 4.63. The Hall–Kier alpha value is -1.95. The average Bonchev–Trinajstić information content (AvgIpc) is 2.85. The van der Waals surface area contributed by atoms with Gasteiger partial charge < -0.3 is 15.0 Å². The zero-order valence-electron chi connectivity index (χ0n) is 10.0. The molecule has 1 heterocycles. The summed E-state index contributed by atoms with van der Waals surface area (Å²) in [6.45, 7) is 2.17. The van der Waals surface area contributed by atoms with E-state index < -0.39 is 5.82 Å². The average molecular weight is 251 g/mol. The minimum Gasteiger partial charge on any atom is -0.482 e. The highest BCUT2D eigenvalue weighted by molar-refractivity contribution is 5.34. The minimum atomic E-state index is -0.447. The summed E-state index contributed by atoms with van der Waals surface area (Å²) in [5.74, 6) is 0.610. The molecule has 2 aromatic rings. The third-order valence-electron chi connectivity index (χ3n) is 2.43. The Kier molecular flexibility index (Phi) is 3.88. The van der Waals surface area contributed by atoms with Gasteiger partial charge >= 0.3 is 0 Å². The zero-order chi connectivity index (χ0) is 13.0. The first-order chi connectivity index (χ1) is 8.74. The quantitative estimate of drug-likeness (QED) is 0.877. The van der Waals surface area contributed by atoms with Crippen molar-refractivity contribution in [3.8, 4) is 5.75 Å². The molecule has 0 bridgehead atoms. The van der Waals surface area contributed by atoms with Crippen LogP contribution >= 0.6 is 0 Å². The molecule has 0 radical (unpaired) electrons. The Balaban J connectivity index is 2.10. The van der Waals surface area contributed by atoms with Crippen LogP contribution in [0.15, 0.2) is 22.7 Å². The van der Waals surface area contributed by atoms with Crippen LogP contribution in [0.4, 0.5) is 4.39 Å². The van der Waals surface area contributed by atoms with Gasteiger partial charge in [-0.2, -0.15) is 4.98 Å². The van der Waals surface area contributed by atoms with Crippen molar-refractivity contribution in [2.75, 3.05) is 0 Å². The molecule has 0 saturated heterocycles. The van der Waals surface area contributed by atoms with Gasteiger partial charge in [0.05, 0.1) is 0 Å². The highest BCUT2D eigenvalue weighted by atomic mass is 19.1. The maximum Gasteiger partial charge on any atom is 0.226 e. The number of halogens is 1. The van der Waals surface area contributed by atoms with Crippen molar-refractivity contribution in [2.45, 2.75) is 26.5 Å². The molecule has 1 aromatic carbocycles. The van der Waals surface area contributed by atoms with Gasteiger partial charge in [0.15, 0.2) is 18.2 Å². The Morgan fingerprint density at radius 3 is 2.94 bits per heavy atom. The van der Waals surface area contributed by atoms with Crippen molar-refractivity contribution in [3.63, 3.8) is 0 Å². The van der Waals surface area contributed by atoms with Crippen LogP contribution in [0, 0.1) is 5.82 Å². The van der Waals surface area contributed by atoms with E-state index in [4.69, 9.17) is 15.0 Å². The molecule has 0 aliphatic heterocycles. The number of benzene rings is 1. The SMILES string of the molecule is CCc1nc(COc2c(F)cccc2CN)no1. The zero-order valence-corrected chi connectivity index (χ0v) is 10.0. The number of hydrogen-bond acceptors (Lipinski definition) is 5. The van der Waals surface area contributed by atoms with E-state index >= 15 is 0 Å². The van der Waals surface area contributed by atoms with Crippen molar-refractivity contribution in [2.24, 2.45) is 5.73 Å². The minimum absolute atomic E-state index is 0.0530. The van der Waals surface area contributed by atoms with Gasteiger partial charge in [-0.25, -0.2) is 4.39 Å². The summed E-state index contributed by atoms with van der Waals surface area (Å²) in [6.07, 6.45) is 0.654. The largest absolute Gasteiger partial charge is 0.482 e.